The maximum Gasteiger partial charge on any atom is -0.00137 e. The average molecular weight is 531 g/mol. The van der Waals surface area contributed by atoms with Crippen molar-refractivity contribution in [1.29, 1.82) is 0 Å². The molecule has 0 atom stereocenters. The third-order valence-corrected chi connectivity index (χ3v) is 9.03. The minimum atomic E-state index is 1.24. The largest absolute Gasteiger partial charge is 0.0622 e. The third kappa shape index (κ3) is 3.30. The molecule has 0 bridgehead atoms. The van der Waals surface area contributed by atoms with Crippen molar-refractivity contribution in [1.82, 2.24) is 0 Å². The van der Waals surface area contributed by atoms with E-state index in [1.54, 1.807) is 0 Å². The summed E-state index contributed by atoms with van der Waals surface area (Å²) >= 11 is 0. The Hall–Kier alpha value is -5.46. The van der Waals surface area contributed by atoms with Crippen LogP contribution in [0.25, 0.3) is 86.9 Å². The van der Waals surface area contributed by atoms with Crippen LogP contribution in [0.2, 0.25) is 0 Å². The minimum absolute atomic E-state index is 1.24. The first-order chi connectivity index (χ1) is 20.9. The second-order valence-corrected chi connectivity index (χ2v) is 11.2. The first-order valence-electron chi connectivity index (χ1n) is 14.6. The van der Waals surface area contributed by atoms with E-state index < -0.39 is 0 Å². The Balaban J connectivity index is 1.44. The van der Waals surface area contributed by atoms with Crippen molar-refractivity contribution in [3.63, 3.8) is 0 Å². The van der Waals surface area contributed by atoms with E-state index in [0.29, 0.717) is 0 Å². The van der Waals surface area contributed by atoms with E-state index in [9.17, 15) is 0 Å². The van der Waals surface area contributed by atoms with E-state index in [1.165, 1.54) is 86.9 Å². The van der Waals surface area contributed by atoms with Crippen LogP contribution < -0.4 is 0 Å². The number of benzene rings is 9. The van der Waals surface area contributed by atoms with Crippen molar-refractivity contribution in [3.8, 4) is 22.3 Å². The van der Waals surface area contributed by atoms with Crippen LogP contribution >= 0.6 is 0 Å². The van der Waals surface area contributed by atoms with Gasteiger partial charge in [0.2, 0.25) is 0 Å². The summed E-state index contributed by atoms with van der Waals surface area (Å²) < 4.78 is 0. The van der Waals surface area contributed by atoms with Gasteiger partial charge in [0, 0.05) is 0 Å². The van der Waals surface area contributed by atoms with Gasteiger partial charge in [-0.05, 0) is 93.0 Å². The zero-order chi connectivity index (χ0) is 27.6. The highest BCUT2D eigenvalue weighted by Crippen LogP contribution is 2.45. The average Bonchev–Trinajstić information content (AvgIpc) is 3.07. The number of rotatable bonds is 2. The lowest BCUT2D eigenvalue weighted by Gasteiger charge is -2.17. The van der Waals surface area contributed by atoms with E-state index in [2.05, 4.69) is 158 Å². The van der Waals surface area contributed by atoms with Gasteiger partial charge >= 0.3 is 0 Å². The number of hydrogen-bond donors (Lipinski definition) is 0. The first kappa shape index (κ1) is 23.3. The topological polar surface area (TPSA) is 0 Å². The molecule has 0 amide bonds. The second kappa shape index (κ2) is 9.03. The fraction of sp³-hybridized carbons (Fsp3) is 0. The Kier molecular flexibility index (Phi) is 5.00. The molecule has 0 radical (unpaired) electrons. The van der Waals surface area contributed by atoms with Crippen molar-refractivity contribution in [2.24, 2.45) is 0 Å². The highest BCUT2D eigenvalue weighted by Gasteiger charge is 2.17. The SMILES string of the molecule is c1ccc(-c2ccc(-c3ccc4c5ccccc5c5c6ccccc6c6ccccc6c5c4c3)c3ccccc23)cc1. The monoisotopic (exact) mass is 530 g/mol. The molecule has 0 nitrogen and oxygen atoms in total. The summed E-state index contributed by atoms with van der Waals surface area (Å²) in [4.78, 5) is 0. The van der Waals surface area contributed by atoms with E-state index >= 15 is 0 Å². The van der Waals surface area contributed by atoms with Crippen molar-refractivity contribution in [2.45, 2.75) is 0 Å². The van der Waals surface area contributed by atoms with Gasteiger partial charge in [0.05, 0.1) is 0 Å². The van der Waals surface area contributed by atoms with Gasteiger partial charge in [-0.3, -0.25) is 0 Å². The molecule has 0 aliphatic carbocycles. The van der Waals surface area contributed by atoms with Crippen LogP contribution in [0, 0.1) is 0 Å². The molecule has 9 rings (SSSR count). The predicted octanol–water partition coefficient (Wildman–Crippen LogP) is 11.9. The third-order valence-electron chi connectivity index (χ3n) is 9.03. The summed E-state index contributed by atoms with van der Waals surface area (Å²) in [6.07, 6.45) is 0. The van der Waals surface area contributed by atoms with Crippen molar-refractivity contribution < 1.29 is 0 Å². The zero-order valence-corrected chi connectivity index (χ0v) is 23.0. The number of hydrogen-bond acceptors (Lipinski definition) is 0. The smallest absolute Gasteiger partial charge is 0.00137 e. The second-order valence-electron chi connectivity index (χ2n) is 11.2. The summed E-state index contributed by atoms with van der Waals surface area (Å²) in [5, 5.41) is 15.7. The lowest BCUT2D eigenvalue weighted by Crippen LogP contribution is -1.90. The van der Waals surface area contributed by atoms with Gasteiger partial charge in [-0.1, -0.05) is 152 Å². The summed E-state index contributed by atoms with van der Waals surface area (Å²) in [6, 6.07) is 58.0. The van der Waals surface area contributed by atoms with Gasteiger partial charge in [-0.25, -0.2) is 0 Å². The standard InChI is InChI=1S/C42H26/c1-2-12-27(13-3-1)29-24-25-30(32-15-5-4-14-31(29)32)28-22-23-36-35-18-8-10-20-38(35)41-37-19-9-6-16-33(37)34-17-7-11-21-39(34)42(41)40(36)26-28/h1-26H. The Bertz CT molecular complexity index is 2480. The van der Waals surface area contributed by atoms with E-state index in [4.69, 9.17) is 0 Å². The van der Waals surface area contributed by atoms with Gasteiger partial charge in [0.1, 0.15) is 0 Å². The fourth-order valence-corrected chi connectivity index (χ4v) is 7.21. The molecule has 0 heterocycles. The molecular weight excluding hydrogens is 504 g/mol. The summed E-state index contributed by atoms with van der Waals surface area (Å²) in [7, 11) is 0. The zero-order valence-electron chi connectivity index (χ0n) is 23.0. The van der Waals surface area contributed by atoms with Gasteiger partial charge in [0.25, 0.3) is 0 Å². The summed E-state index contributed by atoms with van der Waals surface area (Å²) in [6.45, 7) is 0. The molecule has 0 saturated carbocycles. The molecule has 0 aliphatic heterocycles. The lowest BCUT2D eigenvalue weighted by atomic mass is 9.85. The van der Waals surface area contributed by atoms with Crippen molar-refractivity contribution in [3.05, 3.63) is 158 Å². The molecule has 0 heteroatoms. The highest BCUT2D eigenvalue weighted by atomic mass is 14.2. The van der Waals surface area contributed by atoms with E-state index in [1.807, 2.05) is 0 Å². The van der Waals surface area contributed by atoms with Gasteiger partial charge in [0.15, 0.2) is 0 Å². The predicted molar refractivity (Wildman–Crippen MR) is 182 cm³/mol. The van der Waals surface area contributed by atoms with Crippen molar-refractivity contribution in [2.75, 3.05) is 0 Å². The van der Waals surface area contributed by atoms with Crippen LogP contribution in [0.15, 0.2) is 158 Å². The maximum absolute atomic E-state index is 2.44. The van der Waals surface area contributed by atoms with Crippen LogP contribution in [-0.4, -0.2) is 0 Å². The number of fused-ring (bicyclic) bond motifs is 12. The molecule has 194 valence electrons. The highest BCUT2D eigenvalue weighted by molar-refractivity contribution is 6.39. The van der Waals surface area contributed by atoms with E-state index in [-0.39, 0.29) is 0 Å². The molecule has 0 spiro atoms. The summed E-state index contributed by atoms with van der Waals surface area (Å²) in [5.41, 5.74) is 5.02. The quantitative estimate of drug-likeness (QED) is 0.195. The van der Waals surface area contributed by atoms with E-state index in [0.717, 1.165) is 0 Å². The minimum Gasteiger partial charge on any atom is -0.0622 e. The Morgan fingerprint density at radius 2 is 0.595 bits per heavy atom. The lowest BCUT2D eigenvalue weighted by molar-refractivity contribution is 1.64. The van der Waals surface area contributed by atoms with Gasteiger partial charge < -0.3 is 0 Å². The fourth-order valence-electron chi connectivity index (χ4n) is 7.21. The normalized spacial score (nSPS) is 11.8. The molecule has 0 fully saturated rings. The molecule has 42 heavy (non-hydrogen) atoms. The Morgan fingerprint density at radius 1 is 0.214 bits per heavy atom. The molecule has 0 unspecified atom stereocenters. The Morgan fingerprint density at radius 3 is 1.12 bits per heavy atom. The van der Waals surface area contributed by atoms with Crippen molar-refractivity contribution >= 4 is 64.6 Å². The van der Waals surface area contributed by atoms with Gasteiger partial charge in [-0.2, -0.15) is 0 Å². The maximum atomic E-state index is 2.44. The molecule has 0 aromatic heterocycles. The van der Waals surface area contributed by atoms with Gasteiger partial charge in [-0.15, -0.1) is 0 Å². The molecule has 0 N–H and O–H groups in total. The first-order valence-corrected chi connectivity index (χ1v) is 14.6. The Labute approximate surface area is 244 Å². The molecular formula is C42H26. The molecule has 9 aromatic rings. The molecule has 0 saturated heterocycles. The van der Waals surface area contributed by atoms with Crippen LogP contribution in [0.4, 0.5) is 0 Å². The molecule has 9 aromatic carbocycles. The van der Waals surface area contributed by atoms with Crippen LogP contribution in [0.1, 0.15) is 0 Å². The molecule has 0 aliphatic rings. The summed E-state index contributed by atoms with van der Waals surface area (Å²) in [5.74, 6) is 0. The van der Waals surface area contributed by atoms with Crippen LogP contribution in [0.5, 0.6) is 0 Å². The van der Waals surface area contributed by atoms with Crippen LogP contribution in [-0.2, 0) is 0 Å². The van der Waals surface area contributed by atoms with Crippen LogP contribution in [0.3, 0.4) is 0 Å².